The average molecular weight is 173 g/mol. The Morgan fingerprint density at radius 2 is 2.36 bits per heavy atom. The minimum Gasteiger partial charge on any atom is -0.385 e. The van der Waals surface area contributed by atoms with Gasteiger partial charge in [-0.1, -0.05) is 30.2 Å². The molecule has 2 heteroatoms. The lowest BCUT2D eigenvalue weighted by Gasteiger charge is -2.26. The fourth-order valence-electron chi connectivity index (χ4n) is 1.22. The molecule has 0 aromatic carbocycles. The van der Waals surface area contributed by atoms with E-state index in [9.17, 15) is 5.11 Å². The first kappa shape index (κ1) is 8.82. The van der Waals surface area contributed by atoms with Crippen molar-refractivity contribution >= 4 is 11.6 Å². The van der Waals surface area contributed by atoms with Gasteiger partial charge in [0.1, 0.15) is 0 Å². The second-order valence-corrected chi connectivity index (χ2v) is 3.50. The van der Waals surface area contributed by atoms with Gasteiger partial charge in [-0.2, -0.15) is 0 Å². The van der Waals surface area contributed by atoms with Gasteiger partial charge in [0.25, 0.3) is 0 Å². The van der Waals surface area contributed by atoms with Crippen LogP contribution in [-0.2, 0) is 0 Å². The van der Waals surface area contributed by atoms with Gasteiger partial charge in [0.2, 0.25) is 0 Å². The molecule has 0 saturated carbocycles. The van der Waals surface area contributed by atoms with Crippen molar-refractivity contribution in [2.24, 2.45) is 0 Å². The van der Waals surface area contributed by atoms with Gasteiger partial charge in [0, 0.05) is 11.5 Å². The highest BCUT2D eigenvalue weighted by molar-refractivity contribution is 6.31. The van der Waals surface area contributed by atoms with Crippen LogP contribution in [0.2, 0.25) is 0 Å². The highest BCUT2D eigenvalue weighted by Gasteiger charge is 2.24. The third-order valence-electron chi connectivity index (χ3n) is 2.13. The minimum atomic E-state index is -0.650. The monoisotopic (exact) mass is 172 g/mol. The Morgan fingerprint density at radius 1 is 1.73 bits per heavy atom. The summed E-state index contributed by atoms with van der Waals surface area (Å²) in [6, 6.07) is 0. The Hall–Kier alpha value is -0.270. The number of rotatable bonds is 1. The molecule has 0 fully saturated rings. The van der Waals surface area contributed by atoms with Crippen LogP contribution in [0.5, 0.6) is 0 Å². The van der Waals surface area contributed by atoms with Crippen LogP contribution >= 0.6 is 11.6 Å². The molecular formula is C9H13ClO. The first-order valence-electron chi connectivity index (χ1n) is 3.84. The fourth-order valence-corrected chi connectivity index (χ4v) is 1.35. The molecule has 1 nitrogen and oxygen atoms in total. The highest BCUT2D eigenvalue weighted by Crippen LogP contribution is 2.30. The average Bonchev–Trinajstić information content (AvgIpc) is 1.98. The van der Waals surface area contributed by atoms with E-state index in [1.54, 1.807) is 12.2 Å². The Balaban J connectivity index is 2.81. The van der Waals surface area contributed by atoms with Gasteiger partial charge in [-0.25, -0.2) is 0 Å². The largest absolute Gasteiger partial charge is 0.385 e. The Morgan fingerprint density at radius 3 is 2.82 bits per heavy atom. The number of aliphatic hydroxyl groups is 1. The standard InChI is InChI=1S/C9H13ClO/c1-3-9(11)5-4-8(10)7(2)6-9/h4-5,11H,3,6H2,1-2H3. The van der Waals surface area contributed by atoms with Gasteiger partial charge in [0.15, 0.2) is 0 Å². The van der Waals surface area contributed by atoms with E-state index < -0.39 is 5.60 Å². The van der Waals surface area contributed by atoms with E-state index in [0.717, 1.165) is 17.0 Å². The van der Waals surface area contributed by atoms with Crippen molar-refractivity contribution in [2.45, 2.75) is 32.3 Å². The molecule has 1 N–H and O–H groups in total. The maximum atomic E-state index is 9.79. The minimum absolute atomic E-state index is 0.650. The second kappa shape index (κ2) is 3.00. The predicted molar refractivity (Wildman–Crippen MR) is 47.6 cm³/mol. The number of hydrogen-bond acceptors (Lipinski definition) is 1. The van der Waals surface area contributed by atoms with Crippen molar-refractivity contribution in [3.63, 3.8) is 0 Å². The molecule has 62 valence electrons. The molecule has 0 aliphatic heterocycles. The molecule has 1 atom stereocenters. The van der Waals surface area contributed by atoms with E-state index in [-0.39, 0.29) is 0 Å². The molecule has 1 unspecified atom stereocenters. The van der Waals surface area contributed by atoms with E-state index in [1.807, 2.05) is 13.8 Å². The van der Waals surface area contributed by atoms with E-state index in [0.29, 0.717) is 6.42 Å². The Bertz CT molecular complexity index is 218. The summed E-state index contributed by atoms with van der Waals surface area (Å²) in [6.07, 6.45) is 4.97. The summed E-state index contributed by atoms with van der Waals surface area (Å²) in [5.41, 5.74) is 0.418. The number of halogens is 1. The molecule has 0 spiro atoms. The summed E-state index contributed by atoms with van der Waals surface area (Å²) in [7, 11) is 0. The van der Waals surface area contributed by atoms with E-state index >= 15 is 0 Å². The van der Waals surface area contributed by atoms with Crippen LogP contribution in [0.15, 0.2) is 22.8 Å². The Kier molecular flexibility index (Phi) is 2.40. The van der Waals surface area contributed by atoms with Crippen LogP contribution in [0.3, 0.4) is 0 Å². The third-order valence-corrected chi connectivity index (χ3v) is 2.58. The summed E-state index contributed by atoms with van der Waals surface area (Å²) in [5, 5.41) is 10.6. The molecule has 0 bridgehead atoms. The van der Waals surface area contributed by atoms with Crippen molar-refractivity contribution in [1.82, 2.24) is 0 Å². The lowest BCUT2D eigenvalue weighted by Crippen LogP contribution is -2.26. The molecule has 0 amide bonds. The van der Waals surface area contributed by atoms with Crippen LogP contribution in [-0.4, -0.2) is 10.7 Å². The second-order valence-electron chi connectivity index (χ2n) is 3.10. The van der Waals surface area contributed by atoms with Crippen molar-refractivity contribution in [1.29, 1.82) is 0 Å². The van der Waals surface area contributed by atoms with Crippen LogP contribution < -0.4 is 0 Å². The van der Waals surface area contributed by atoms with Gasteiger partial charge in [0.05, 0.1) is 5.60 Å². The summed E-state index contributed by atoms with van der Waals surface area (Å²) < 4.78 is 0. The molecule has 1 aliphatic rings. The molecule has 1 aliphatic carbocycles. The molecular weight excluding hydrogens is 160 g/mol. The van der Waals surface area contributed by atoms with Gasteiger partial charge in [-0.05, 0) is 19.4 Å². The molecule has 11 heavy (non-hydrogen) atoms. The lowest BCUT2D eigenvalue weighted by atomic mass is 9.88. The van der Waals surface area contributed by atoms with Crippen LogP contribution in [0, 0.1) is 0 Å². The van der Waals surface area contributed by atoms with Gasteiger partial charge in [-0.3, -0.25) is 0 Å². The quantitative estimate of drug-likeness (QED) is 0.645. The maximum Gasteiger partial charge on any atom is 0.0866 e. The molecule has 0 saturated heterocycles. The highest BCUT2D eigenvalue weighted by atomic mass is 35.5. The van der Waals surface area contributed by atoms with Crippen molar-refractivity contribution < 1.29 is 5.11 Å². The maximum absolute atomic E-state index is 9.79. The van der Waals surface area contributed by atoms with Gasteiger partial charge >= 0.3 is 0 Å². The van der Waals surface area contributed by atoms with E-state index in [2.05, 4.69) is 0 Å². The zero-order chi connectivity index (χ0) is 8.48. The third kappa shape index (κ3) is 1.85. The fraction of sp³-hybridized carbons (Fsp3) is 0.556. The predicted octanol–water partition coefficient (Wildman–Crippen LogP) is 2.60. The van der Waals surface area contributed by atoms with Crippen molar-refractivity contribution in [3.05, 3.63) is 22.8 Å². The molecule has 1 rings (SSSR count). The molecule has 0 radical (unpaired) electrons. The van der Waals surface area contributed by atoms with Crippen molar-refractivity contribution in [3.8, 4) is 0 Å². The SMILES string of the molecule is CCC1(O)C=CC(Cl)=C(C)C1. The van der Waals surface area contributed by atoms with Gasteiger partial charge in [-0.15, -0.1) is 0 Å². The smallest absolute Gasteiger partial charge is 0.0866 e. The Labute approximate surface area is 72.4 Å². The summed E-state index contributed by atoms with van der Waals surface area (Å²) in [6.45, 7) is 3.92. The van der Waals surface area contributed by atoms with Crippen LogP contribution in [0.25, 0.3) is 0 Å². The van der Waals surface area contributed by atoms with E-state index in [1.165, 1.54) is 0 Å². The summed E-state index contributed by atoms with van der Waals surface area (Å²) in [5.74, 6) is 0. The molecule has 0 heterocycles. The normalized spacial score (nSPS) is 31.3. The number of allylic oxidation sites excluding steroid dienone is 2. The summed E-state index contributed by atoms with van der Waals surface area (Å²) in [4.78, 5) is 0. The molecule has 0 aromatic heterocycles. The first-order chi connectivity index (χ1) is 5.07. The summed E-state index contributed by atoms with van der Waals surface area (Å²) >= 11 is 5.83. The van der Waals surface area contributed by atoms with Crippen LogP contribution in [0.4, 0.5) is 0 Å². The van der Waals surface area contributed by atoms with E-state index in [4.69, 9.17) is 11.6 Å². The number of hydrogen-bond donors (Lipinski definition) is 1. The lowest BCUT2D eigenvalue weighted by molar-refractivity contribution is 0.0857. The van der Waals surface area contributed by atoms with Crippen LogP contribution in [0.1, 0.15) is 26.7 Å². The zero-order valence-electron chi connectivity index (χ0n) is 6.89. The zero-order valence-corrected chi connectivity index (χ0v) is 7.65. The molecule has 0 aromatic rings. The first-order valence-corrected chi connectivity index (χ1v) is 4.22. The topological polar surface area (TPSA) is 20.2 Å². The van der Waals surface area contributed by atoms with Gasteiger partial charge < -0.3 is 5.11 Å². The van der Waals surface area contributed by atoms with Crippen molar-refractivity contribution in [2.75, 3.05) is 0 Å².